The number of aromatic nitrogens is 2. The molecule has 1 saturated carbocycles. The Morgan fingerprint density at radius 2 is 2.05 bits per heavy atom. The fourth-order valence-electron chi connectivity index (χ4n) is 2.13. The number of rotatable bonds is 4. The van der Waals surface area contributed by atoms with Crippen molar-refractivity contribution in [2.75, 3.05) is 17.4 Å². The number of benzene rings is 1. The topological polar surface area (TPSA) is 85.4 Å². The Hall–Kier alpha value is -2.83. The molecule has 2 N–H and O–H groups in total. The van der Waals surface area contributed by atoms with E-state index < -0.39 is 0 Å². The first-order valence-corrected chi connectivity index (χ1v) is 7.08. The fourth-order valence-corrected chi connectivity index (χ4v) is 2.13. The minimum atomic E-state index is -0.292. The zero-order chi connectivity index (χ0) is 14.9. The Kier molecular flexibility index (Phi) is 3.03. The van der Waals surface area contributed by atoms with E-state index in [4.69, 9.17) is 9.47 Å². The molecule has 7 nitrogen and oxygen atoms in total. The van der Waals surface area contributed by atoms with Crippen LogP contribution in [0, 0.1) is 0 Å². The third-order valence-corrected chi connectivity index (χ3v) is 3.43. The Bertz CT molecular complexity index is 730. The maximum absolute atomic E-state index is 12.3. The minimum absolute atomic E-state index is 0.203. The van der Waals surface area contributed by atoms with E-state index in [-0.39, 0.29) is 12.7 Å². The van der Waals surface area contributed by atoms with Gasteiger partial charge in [0.15, 0.2) is 11.5 Å². The van der Waals surface area contributed by atoms with Gasteiger partial charge in [-0.3, -0.25) is 4.79 Å². The average molecular weight is 298 g/mol. The molecule has 1 fully saturated rings. The van der Waals surface area contributed by atoms with Gasteiger partial charge < -0.3 is 20.1 Å². The van der Waals surface area contributed by atoms with Gasteiger partial charge in [0.1, 0.15) is 5.69 Å². The zero-order valence-corrected chi connectivity index (χ0v) is 11.7. The van der Waals surface area contributed by atoms with E-state index in [2.05, 4.69) is 20.6 Å². The van der Waals surface area contributed by atoms with Crippen LogP contribution in [0.3, 0.4) is 0 Å². The third kappa shape index (κ3) is 2.65. The lowest BCUT2D eigenvalue weighted by atomic mass is 10.2. The van der Waals surface area contributed by atoms with Crippen LogP contribution in [-0.4, -0.2) is 28.7 Å². The van der Waals surface area contributed by atoms with E-state index in [0.717, 1.165) is 12.8 Å². The summed E-state index contributed by atoms with van der Waals surface area (Å²) in [6, 6.07) is 7.27. The molecular weight excluding hydrogens is 284 g/mol. The quantitative estimate of drug-likeness (QED) is 0.898. The van der Waals surface area contributed by atoms with Gasteiger partial charge in [-0.25, -0.2) is 9.97 Å². The van der Waals surface area contributed by atoms with Crippen molar-refractivity contribution in [2.45, 2.75) is 18.9 Å². The molecule has 2 heterocycles. The van der Waals surface area contributed by atoms with Gasteiger partial charge in [-0.15, -0.1) is 0 Å². The van der Waals surface area contributed by atoms with Crippen LogP contribution in [0.15, 0.2) is 30.5 Å². The highest BCUT2D eigenvalue weighted by molar-refractivity contribution is 6.03. The summed E-state index contributed by atoms with van der Waals surface area (Å²) in [5, 5.41) is 5.96. The Morgan fingerprint density at radius 3 is 2.91 bits per heavy atom. The first-order valence-electron chi connectivity index (χ1n) is 7.08. The van der Waals surface area contributed by atoms with Crippen LogP contribution in [0.1, 0.15) is 23.3 Å². The molecule has 22 heavy (non-hydrogen) atoms. The third-order valence-electron chi connectivity index (χ3n) is 3.43. The number of carbonyl (C=O) groups is 1. The highest BCUT2D eigenvalue weighted by Crippen LogP contribution is 2.34. The molecule has 0 bridgehead atoms. The number of fused-ring (bicyclic) bond motifs is 1. The highest BCUT2D eigenvalue weighted by atomic mass is 16.7. The van der Waals surface area contributed by atoms with Crippen molar-refractivity contribution in [1.82, 2.24) is 9.97 Å². The van der Waals surface area contributed by atoms with Gasteiger partial charge in [-0.2, -0.15) is 0 Å². The lowest BCUT2D eigenvalue weighted by Crippen LogP contribution is -2.15. The van der Waals surface area contributed by atoms with Crippen LogP contribution in [0.2, 0.25) is 0 Å². The van der Waals surface area contributed by atoms with E-state index in [1.54, 1.807) is 30.5 Å². The van der Waals surface area contributed by atoms with Crippen molar-refractivity contribution in [3.05, 3.63) is 36.2 Å². The molecule has 4 rings (SSSR count). The standard InChI is InChI=1S/C15H14N4O3/c20-14(11-5-6-16-15(19-11)18-9-1-2-9)17-10-3-4-12-13(7-10)22-8-21-12/h3-7,9H,1-2,8H2,(H,17,20)(H,16,18,19). The van der Waals surface area contributed by atoms with Crippen molar-refractivity contribution in [3.63, 3.8) is 0 Å². The van der Waals surface area contributed by atoms with Crippen molar-refractivity contribution in [1.29, 1.82) is 0 Å². The summed E-state index contributed by atoms with van der Waals surface area (Å²) < 4.78 is 10.5. The number of carbonyl (C=O) groups excluding carboxylic acids is 1. The van der Waals surface area contributed by atoms with Crippen LogP contribution in [0.5, 0.6) is 11.5 Å². The first-order chi connectivity index (χ1) is 10.8. The SMILES string of the molecule is O=C(Nc1ccc2c(c1)OCO2)c1ccnc(NC2CC2)n1. The van der Waals surface area contributed by atoms with Crippen molar-refractivity contribution < 1.29 is 14.3 Å². The minimum Gasteiger partial charge on any atom is -0.454 e. The zero-order valence-electron chi connectivity index (χ0n) is 11.7. The highest BCUT2D eigenvalue weighted by Gasteiger charge is 2.22. The lowest BCUT2D eigenvalue weighted by molar-refractivity contribution is 0.102. The maximum Gasteiger partial charge on any atom is 0.274 e. The molecule has 0 saturated heterocycles. The summed E-state index contributed by atoms with van der Waals surface area (Å²) in [4.78, 5) is 20.6. The van der Waals surface area contributed by atoms with E-state index >= 15 is 0 Å². The summed E-state index contributed by atoms with van der Waals surface area (Å²) in [5.41, 5.74) is 0.945. The van der Waals surface area contributed by atoms with Crippen molar-refractivity contribution >= 4 is 17.5 Å². The molecule has 0 atom stereocenters. The molecule has 0 unspecified atom stereocenters. The molecule has 2 aromatic rings. The summed E-state index contributed by atoms with van der Waals surface area (Å²) in [7, 11) is 0. The largest absolute Gasteiger partial charge is 0.454 e. The molecule has 1 aromatic heterocycles. The number of anilines is 2. The van der Waals surface area contributed by atoms with Crippen LogP contribution >= 0.6 is 0 Å². The van der Waals surface area contributed by atoms with Gasteiger partial charge in [-0.05, 0) is 31.0 Å². The van der Waals surface area contributed by atoms with Crippen LogP contribution in [0.4, 0.5) is 11.6 Å². The maximum atomic E-state index is 12.3. The number of nitrogens with zero attached hydrogens (tertiary/aromatic N) is 2. The second-order valence-corrected chi connectivity index (χ2v) is 5.21. The number of hydrogen-bond donors (Lipinski definition) is 2. The van der Waals surface area contributed by atoms with Crippen LogP contribution in [-0.2, 0) is 0 Å². The summed E-state index contributed by atoms with van der Waals surface area (Å²) in [6.07, 6.45) is 3.82. The van der Waals surface area contributed by atoms with Gasteiger partial charge in [0, 0.05) is 24.0 Å². The molecule has 2 aliphatic rings. The summed E-state index contributed by atoms with van der Waals surface area (Å²) in [5.74, 6) is 1.49. The molecule has 0 radical (unpaired) electrons. The fraction of sp³-hybridized carbons (Fsp3) is 0.267. The molecule has 1 aromatic carbocycles. The van der Waals surface area contributed by atoms with Gasteiger partial charge in [0.25, 0.3) is 5.91 Å². The number of amides is 1. The van der Waals surface area contributed by atoms with E-state index in [1.165, 1.54) is 0 Å². The molecule has 1 amide bonds. The predicted octanol–water partition coefficient (Wildman–Crippen LogP) is 2.03. The Labute approximate surface area is 126 Å². The van der Waals surface area contributed by atoms with Crippen molar-refractivity contribution in [3.8, 4) is 11.5 Å². The predicted molar refractivity (Wildman–Crippen MR) is 79.2 cm³/mol. The Morgan fingerprint density at radius 1 is 1.18 bits per heavy atom. The molecule has 1 aliphatic carbocycles. The van der Waals surface area contributed by atoms with Crippen LogP contribution in [0.25, 0.3) is 0 Å². The number of nitrogens with one attached hydrogen (secondary N) is 2. The summed E-state index contributed by atoms with van der Waals surface area (Å²) in [6.45, 7) is 0.203. The second kappa shape index (κ2) is 5.18. The lowest BCUT2D eigenvalue weighted by Gasteiger charge is -2.07. The molecular formula is C15H14N4O3. The smallest absolute Gasteiger partial charge is 0.274 e. The van der Waals surface area contributed by atoms with Gasteiger partial charge in [0.05, 0.1) is 0 Å². The molecule has 7 heteroatoms. The number of hydrogen-bond acceptors (Lipinski definition) is 6. The van der Waals surface area contributed by atoms with Crippen LogP contribution < -0.4 is 20.1 Å². The number of ether oxygens (including phenoxy) is 2. The monoisotopic (exact) mass is 298 g/mol. The molecule has 1 aliphatic heterocycles. The van der Waals surface area contributed by atoms with E-state index in [0.29, 0.717) is 34.9 Å². The van der Waals surface area contributed by atoms with Crippen molar-refractivity contribution in [2.24, 2.45) is 0 Å². The molecule has 112 valence electrons. The van der Waals surface area contributed by atoms with Gasteiger partial charge in [-0.1, -0.05) is 0 Å². The first kappa shape index (κ1) is 12.9. The normalized spacial score (nSPS) is 15.5. The van der Waals surface area contributed by atoms with Gasteiger partial charge in [0.2, 0.25) is 12.7 Å². The molecule has 0 spiro atoms. The van der Waals surface area contributed by atoms with Gasteiger partial charge >= 0.3 is 0 Å². The average Bonchev–Trinajstić information content (AvgIpc) is 3.22. The summed E-state index contributed by atoms with van der Waals surface area (Å²) >= 11 is 0. The van der Waals surface area contributed by atoms with E-state index in [1.807, 2.05) is 0 Å². The second-order valence-electron chi connectivity index (χ2n) is 5.21. The Balaban J connectivity index is 1.49. The van der Waals surface area contributed by atoms with E-state index in [9.17, 15) is 4.79 Å².